The van der Waals surface area contributed by atoms with Gasteiger partial charge in [-0.25, -0.2) is 15.0 Å². The number of halogens is 1. The SMILES string of the molecule is CCCCC(Br)C(=O)Oc1ccc(-c2nc(-c3ccc(OC(=O)C(CC)CCCC)cc3O)nc(-c3ccc(OC(=O)C(CC)CCCC)cc3O)n2)c(O)c1. The Bertz CT molecular complexity index is 1870. The molecule has 0 radical (unpaired) electrons. The molecule has 13 heteroatoms. The molecule has 12 nitrogen and oxygen atoms in total. The molecule has 0 aliphatic rings. The van der Waals surface area contributed by atoms with Crippen LogP contribution in [-0.2, 0) is 14.4 Å². The molecule has 56 heavy (non-hydrogen) atoms. The van der Waals surface area contributed by atoms with Crippen molar-refractivity contribution in [2.45, 2.75) is 110 Å². The van der Waals surface area contributed by atoms with E-state index in [4.69, 9.17) is 14.2 Å². The zero-order valence-electron chi connectivity index (χ0n) is 32.7. The quantitative estimate of drug-likeness (QED) is 0.0437. The third kappa shape index (κ3) is 11.7. The topological polar surface area (TPSA) is 178 Å². The molecule has 0 aliphatic heterocycles. The number of hydrogen-bond acceptors (Lipinski definition) is 12. The highest BCUT2D eigenvalue weighted by atomic mass is 79.9. The van der Waals surface area contributed by atoms with Crippen molar-refractivity contribution >= 4 is 33.8 Å². The summed E-state index contributed by atoms with van der Waals surface area (Å²) in [5.74, 6) is -2.39. The van der Waals surface area contributed by atoms with Gasteiger partial charge in [0.05, 0.1) is 28.5 Å². The van der Waals surface area contributed by atoms with Gasteiger partial charge >= 0.3 is 17.9 Å². The molecule has 3 N–H and O–H groups in total. The summed E-state index contributed by atoms with van der Waals surface area (Å²) in [6.07, 6.45) is 8.70. The number of hydrogen-bond donors (Lipinski definition) is 3. The highest BCUT2D eigenvalue weighted by molar-refractivity contribution is 9.10. The Hall–Kier alpha value is -5.04. The second-order valence-electron chi connectivity index (χ2n) is 13.7. The Kier molecular flexibility index (Phi) is 16.6. The first-order chi connectivity index (χ1) is 26.9. The van der Waals surface area contributed by atoms with Crippen LogP contribution in [0, 0.1) is 11.8 Å². The Morgan fingerprint density at radius 2 is 0.857 bits per heavy atom. The molecular formula is C43H52BrN3O9. The van der Waals surface area contributed by atoms with Crippen molar-refractivity contribution < 1.29 is 43.9 Å². The van der Waals surface area contributed by atoms with Crippen LogP contribution >= 0.6 is 15.9 Å². The number of benzene rings is 3. The number of phenols is 3. The first-order valence-corrected chi connectivity index (χ1v) is 20.4. The van der Waals surface area contributed by atoms with Crippen LogP contribution in [0.4, 0.5) is 0 Å². The second-order valence-corrected chi connectivity index (χ2v) is 14.8. The van der Waals surface area contributed by atoms with Crippen LogP contribution in [-0.4, -0.2) is 53.0 Å². The molecule has 0 aliphatic carbocycles. The average Bonchev–Trinajstić information content (AvgIpc) is 3.17. The monoisotopic (exact) mass is 833 g/mol. The van der Waals surface area contributed by atoms with Crippen molar-refractivity contribution in [1.29, 1.82) is 0 Å². The van der Waals surface area contributed by atoms with Crippen LogP contribution in [0.15, 0.2) is 54.6 Å². The van der Waals surface area contributed by atoms with E-state index in [2.05, 4.69) is 44.7 Å². The number of aromatic nitrogens is 3. The van der Waals surface area contributed by atoms with E-state index in [1.807, 2.05) is 20.8 Å². The third-order valence-electron chi connectivity index (χ3n) is 9.45. The van der Waals surface area contributed by atoms with Crippen LogP contribution in [0.2, 0.25) is 0 Å². The van der Waals surface area contributed by atoms with E-state index in [9.17, 15) is 29.7 Å². The number of carbonyl (C=O) groups excluding carboxylic acids is 3. The van der Waals surface area contributed by atoms with Gasteiger partial charge < -0.3 is 29.5 Å². The van der Waals surface area contributed by atoms with E-state index < -0.39 is 10.8 Å². The minimum atomic E-state index is -0.508. The normalized spacial score (nSPS) is 12.8. The molecule has 0 saturated heterocycles. The van der Waals surface area contributed by atoms with Crippen molar-refractivity contribution in [3.63, 3.8) is 0 Å². The lowest BCUT2D eigenvalue weighted by Gasteiger charge is -2.15. The molecule has 3 atom stereocenters. The standard InChI is InChI=1S/C43H52BrN3O9/c1-6-11-14-26(9-4)41(51)54-28-17-20-31(35(48)23-28)38-45-39(32-21-18-29(24-36(32)49)55-42(52)27(10-5)15-12-7-2)47-40(46-38)33-22-19-30(25-37(33)50)56-43(53)34(44)16-13-8-3/h17-27,34,48-50H,6-16H2,1-5H3. The van der Waals surface area contributed by atoms with Crippen LogP contribution in [0.3, 0.4) is 0 Å². The zero-order valence-corrected chi connectivity index (χ0v) is 34.3. The number of carbonyl (C=O) groups is 3. The molecule has 0 bridgehead atoms. The summed E-state index contributed by atoms with van der Waals surface area (Å²) in [5.41, 5.74) is 0.438. The third-order valence-corrected chi connectivity index (χ3v) is 10.3. The molecule has 3 aromatic carbocycles. The maximum absolute atomic E-state index is 12.9. The summed E-state index contributed by atoms with van der Waals surface area (Å²) in [4.78, 5) is 51.5. The highest BCUT2D eigenvalue weighted by Crippen LogP contribution is 2.38. The van der Waals surface area contributed by atoms with E-state index >= 15 is 0 Å². The summed E-state index contributed by atoms with van der Waals surface area (Å²) < 4.78 is 16.7. The minimum Gasteiger partial charge on any atom is -0.507 e. The Balaban J connectivity index is 1.73. The molecule has 0 spiro atoms. The van der Waals surface area contributed by atoms with Crippen LogP contribution in [0.1, 0.15) is 105 Å². The fraction of sp³-hybridized carbons (Fsp3) is 0.442. The van der Waals surface area contributed by atoms with Gasteiger partial charge in [-0.2, -0.15) is 0 Å². The maximum Gasteiger partial charge on any atom is 0.325 e. The largest absolute Gasteiger partial charge is 0.507 e. The number of unbranched alkanes of at least 4 members (excludes halogenated alkanes) is 3. The Morgan fingerprint density at radius 1 is 0.536 bits per heavy atom. The number of phenolic OH excluding ortho intramolecular Hbond substituents is 3. The molecule has 4 aromatic rings. The fourth-order valence-corrected chi connectivity index (χ4v) is 6.41. The number of esters is 3. The van der Waals surface area contributed by atoms with E-state index in [-0.39, 0.29) is 92.4 Å². The molecule has 0 fully saturated rings. The fourth-order valence-electron chi connectivity index (χ4n) is 5.99. The number of ether oxygens (including phenoxy) is 3. The zero-order chi connectivity index (χ0) is 40.8. The average molecular weight is 835 g/mol. The summed E-state index contributed by atoms with van der Waals surface area (Å²) in [6.45, 7) is 9.99. The van der Waals surface area contributed by atoms with Crippen LogP contribution in [0.25, 0.3) is 34.2 Å². The highest BCUT2D eigenvalue weighted by Gasteiger charge is 2.24. The van der Waals surface area contributed by atoms with Crippen LogP contribution < -0.4 is 14.2 Å². The molecule has 1 heterocycles. The lowest BCUT2D eigenvalue weighted by molar-refractivity contribution is -0.140. The molecular weight excluding hydrogens is 782 g/mol. The molecule has 0 saturated carbocycles. The van der Waals surface area contributed by atoms with Gasteiger partial charge in [-0.1, -0.05) is 89.1 Å². The number of alkyl halides is 1. The lowest BCUT2D eigenvalue weighted by atomic mass is 10.00. The van der Waals surface area contributed by atoms with Crippen molar-refractivity contribution in [1.82, 2.24) is 15.0 Å². The minimum absolute atomic E-state index is 0.0284. The Morgan fingerprint density at radius 3 is 1.16 bits per heavy atom. The molecule has 0 amide bonds. The molecule has 1 aromatic heterocycles. The van der Waals surface area contributed by atoms with Crippen molar-refractivity contribution in [3.8, 4) is 68.7 Å². The number of aromatic hydroxyl groups is 3. The second kappa shape index (κ2) is 21.3. The summed E-state index contributed by atoms with van der Waals surface area (Å²) in [7, 11) is 0. The van der Waals surface area contributed by atoms with Gasteiger partial charge in [-0.15, -0.1) is 0 Å². The van der Waals surface area contributed by atoms with E-state index in [0.717, 1.165) is 38.5 Å². The Labute approximate surface area is 336 Å². The smallest absolute Gasteiger partial charge is 0.325 e. The van der Waals surface area contributed by atoms with E-state index in [1.165, 1.54) is 54.6 Å². The van der Waals surface area contributed by atoms with Gasteiger partial charge in [0.15, 0.2) is 17.5 Å². The maximum atomic E-state index is 12.9. The number of nitrogens with zero attached hydrogens (tertiary/aromatic N) is 3. The first-order valence-electron chi connectivity index (χ1n) is 19.5. The summed E-state index contributed by atoms with van der Waals surface area (Å²) >= 11 is 3.36. The predicted octanol–water partition coefficient (Wildman–Crippen LogP) is 10.1. The van der Waals surface area contributed by atoms with Gasteiger partial charge in [-0.05, 0) is 68.5 Å². The lowest BCUT2D eigenvalue weighted by Crippen LogP contribution is -2.20. The predicted molar refractivity (Wildman–Crippen MR) is 217 cm³/mol. The first kappa shape index (κ1) is 43.7. The van der Waals surface area contributed by atoms with Gasteiger partial charge in [0.2, 0.25) is 0 Å². The van der Waals surface area contributed by atoms with E-state index in [1.54, 1.807) is 0 Å². The molecule has 300 valence electrons. The van der Waals surface area contributed by atoms with Crippen LogP contribution in [0.5, 0.6) is 34.5 Å². The number of rotatable bonds is 20. The van der Waals surface area contributed by atoms with E-state index in [0.29, 0.717) is 32.1 Å². The van der Waals surface area contributed by atoms with Crippen molar-refractivity contribution in [2.24, 2.45) is 11.8 Å². The van der Waals surface area contributed by atoms with Gasteiger partial charge in [0.25, 0.3) is 0 Å². The molecule has 4 rings (SSSR count). The van der Waals surface area contributed by atoms with Gasteiger partial charge in [0, 0.05) is 18.2 Å². The van der Waals surface area contributed by atoms with Gasteiger partial charge in [-0.3, -0.25) is 14.4 Å². The van der Waals surface area contributed by atoms with Crippen molar-refractivity contribution in [2.75, 3.05) is 0 Å². The summed E-state index contributed by atoms with van der Waals surface area (Å²) in [6, 6.07) is 12.9. The van der Waals surface area contributed by atoms with Gasteiger partial charge in [0.1, 0.15) is 39.3 Å². The molecule has 3 unspecified atom stereocenters. The van der Waals surface area contributed by atoms with Crippen molar-refractivity contribution in [3.05, 3.63) is 54.6 Å². The summed E-state index contributed by atoms with van der Waals surface area (Å²) in [5, 5.41) is 33.5.